The van der Waals surface area contributed by atoms with Gasteiger partial charge in [-0.2, -0.15) is 13.2 Å². The maximum Gasteiger partial charge on any atom is 0.416 e. The van der Waals surface area contributed by atoms with Crippen LogP contribution in [0.3, 0.4) is 0 Å². The fourth-order valence-corrected chi connectivity index (χ4v) is 6.23. The first-order chi connectivity index (χ1) is 30.9. The molecule has 4 aromatic rings. The molecule has 0 aliphatic carbocycles. The molecule has 1 aliphatic heterocycles. The Kier molecular flexibility index (Phi) is 21.4. The number of alkyl halides is 3. The van der Waals surface area contributed by atoms with E-state index in [2.05, 4.69) is 37.9 Å². The summed E-state index contributed by atoms with van der Waals surface area (Å²) in [4.78, 5) is 65.4. The Bertz CT molecular complexity index is 2390. The van der Waals surface area contributed by atoms with Crippen LogP contribution in [-0.4, -0.2) is 102 Å². The fraction of sp³-hybridized carbons (Fsp3) is 0.357. The molecule has 2 amide bonds. The first-order valence-corrected chi connectivity index (χ1v) is 23.8. The van der Waals surface area contributed by atoms with Crippen molar-refractivity contribution in [2.75, 3.05) is 58.2 Å². The number of aromatic carboxylic acids is 1. The Morgan fingerprint density at radius 2 is 1.51 bits per heavy atom. The summed E-state index contributed by atoms with van der Waals surface area (Å²) >= 11 is 5.72. The molecule has 5 rings (SSSR count). The lowest BCUT2D eigenvalue weighted by atomic mass is 9.76. The Morgan fingerprint density at radius 1 is 0.940 bits per heavy atom. The van der Waals surface area contributed by atoms with Gasteiger partial charge in [-0.25, -0.2) is 14.7 Å². The largest absolute Gasteiger partial charge is 0.778 e. The fourth-order valence-electron chi connectivity index (χ4n) is 5.62. The van der Waals surface area contributed by atoms with E-state index in [4.69, 9.17) is 50.5 Å². The number of aliphatic carboxylic acids is 1. The highest BCUT2D eigenvalue weighted by Gasteiger charge is 2.42. The topological polar surface area (TPSA) is 269 Å². The number of benzene rings is 4. The Hall–Kier alpha value is -5.65. The Labute approximate surface area is 391 Å². The van der Waals surface area contributed by atoms with Crippen LogP contribution >= 0.6 is 19.2 Å². The number of hydroxylamine groups is 2. The number of nitro benzene ring substituents is 1. The van der Waals surface area contributed by atoms with E-state index in [9.17, 15) is 47.1 Å². The van der Waals surface area contributed by atoms with Crippen molar-refractivity contribution in [3.8, 4) is 28.7 Å². The molecular weight excluding hydrogens is 956 g/mol. The van der Waals surface area contributed by atoms with Crippen molar-refractivity contribution >= 4 is 59.4 Å². The van der Waals surface area contributed by atoms with Crippen molar-refractivity contribution < 1.29 is 80.8 Å². The summed E-state index contributed by atoms with van der Waals surface area (Å²) in [5.41, 5.74) is -0.562. The van der Waals surface area contributed by atoms with E-state index >= 15 is 0 Å². The maximum absolute atomic E-state index is 12.6. The summed E-state index contributed by atoms with van der Waals surface area (Å²) in [7, 11) is 0.906. The van der Waals surface area contributed by atoms with Gasteiger partial charge in [0.15, 0.2) is 0 Å². The smallest absolute Gasteiger partial charge is 0.416 e. The third-order valence-corrected chi connectivity index (χ3v) is 9.49. The normalized spacial score (nSPS) is 15.5. The van der Waals surface area contributed by atoms with Crippen LogP contribution in [0.2, 0.25) is 5.02 Å². The molecule has 2 atom stereocenters. The average molecular weight is 1010 g/mol. The molecule has 67 heavy (non-hydrogen) atoms. The van der Waals surface area contributed by atoms with Gasteiger partial charge in [0, 0.05) is 57.0 Å². The summed E-state index contributed by atoms with van der Waals surface area (Å²) < 4.78 is 70.5. The second kappa shape index (κ2) is 24.9. The number of nitrogens with one attached hydrogen (secondary N) is 2. The molecule has 1 aliphatic rings. The molecule has 0 saturated heterocycles. The summed E-state index contributed by atoms with van der Waals surface area (Å²) in [5.74, 6) is -1.61. The van der Waals surface area contributed by atoms with Crippen LogP contribution in [0.4, 0.5) is 29.3 Å². The average Bonchev–Trinajstić information content (AvgIpc) is 3.20. The van der Waals surface area contributed by atoms with Crippen LogP contribution in [0.25, 0.3) is 0 Å². The minimum atomic E-state index is -4.58. The molecule has 19 nitrogen and oxygen atoms in total. The number of carbonyl (C=O) groups is 3. The number of amides is 2. The molecule has 2 unspecified atom stereocenters. The van der Waals surface area contributed by atoms with Gasteiger partial charge in [-0.3, -0.25) is 25.1 Å². The summed E-state index contributed by atoms with van der Waals surface area (Å²) in [6, 6.07) is 17.8. The Morgan fingerprint density at radius 3 is 2.00 bits per heavy atom. The van der Waals surface area contributed by atoms with Gasteiger partial charge < -0.3 is 48.8 Å². The second-order valence-electron chi connectivity index (χ2n) is 15.2. The number of carbonyl (C=O) groups excluding carboxylic acids is 1. The zero-order valence-electron chi connectivity index (χ0n) is 37.6. The number of urea groups is 1. The molecule has 0 saturated carbocycles. The number of halogens is 4. The third kappa shape index (κ3) is 19.6. The first-order valence-electron chi connectivity index (χ1n) is 19.2. The molecular formula is C42H51ClF3N4O15PS. The molecule has 25 heteroatoms. The van der Waals surface area contributed by atoms with E-state index in [1.807, 2.05) is 30.4 Å². The number of nitro groups is 1. The van der Waals surface area contributed by atoms with Gasteiger partial charge in [-0.15, -0.1) is 0 Å². The van der Waals surface area contributed by atoms with Crippen molar-refractivity contribution in [1.82, 2.24) is 10.4 Å². The van der Waals surface area contributed by atoms with Gasteiger partial charge in [-0.05, 0) is 70.9 Å². The number of carboxylic acids is 2. The highest BCUT2D eigenvalue weighted by molar-refractivity contribution is 7.94. The number of methoxy groups -OCH3 is 1. The standard InChI is InChI=1S/C22H28N2O5.C14H7ClF3NO5.C3H8NO5P.C3H9S/c1-21(2)14-22(3,26-5)29-19-13-17(11-12-18(19)21)28-16-9-7-15(8-10-16)23-20(25)24(4)27-6;15-10-5-7(14(16,17)18)1-4-12(10)24-8-2-3-11(19(22)23)9(6-8)13(20)21;5-3(6)1-4-2-10(7,8)9;1-4(2)3/h7-13H,14H2,1-6H3,(H,23,25);1-6H,(H,20,21);4H,1-2H2,(H,5,6)(H2,7,8,9);1-3H3/q;;;+1/p-1. The summed E-state index contributed by atoms with van der Waals surface area (Å²) in [6.45, 7) is 5.83. The summed E-state index contributed by atoms with van der Waals surface area (Å²) in [6.07, 6.45) is 2.06. The van der Waals surface area contributed by atoms with E-state index in [1.165, 1.54) is 14.2 Å². The quantitative estimate of drug-likeness (QED) is 0.0364. The van der Waals surface area contributed by atoms with Gasteiger partial charge in [0.1, 0.15) is 41.9 Å². The summed E-state index contributed by atoms with van der Waals surface area (Å²) in [5, 5.41) is 33.2. The van der Waals surface area contributed by atoms with E-state index < -0.39 is 66.1 Å². The second-order valence-corrected chi connectivity index (χ2v) is 19.7. The van der Waals surface area contributed by atoms with Gasteiger partial charge in [-0.1, -0.05) is 31.5 Å². The van der Waals surface area contributed by atoms with E-state index in [0.717, 1.165) is 53.1 Å². The van der Waals surface area contributed by atoms with Gasteiger partial charge >= 0.3 is 24.1 Å². The molecule has 1 heterocycles. The molecule has 0 spiro atoms. The van der Waals surface area contributed by atoms with Gasteiger partial charge in [0.25, 0.3) is 5.69 Å². The van der Waals surface area contributed by atoms with Crippen LogP contribution in [0.15, 0.2) is 78.9 Å². The molecule has 4 aromatic carbocycles. The monoisotopic (exact) mass is 1010 g/mol. The van der Waals surface area contributed by atoms with E-state index in [0.29, 0.717) is 34.1 Å². The number of rotatable bonds is 13. The van der Waals surface area contributed by atoms with E-state index in [1.54, 1.807) is 31.4 Å². The van der Waals surface area contributed by atoms with Gasteiger partial charge in [0.2, 0.25) is 5.79 Å². The van der Waals surface area contributed by atoms with Crippen molar-refractivity contribution in [1.29, 1.82) is 0 Å². The third-order valence-electron chi connectivity index (χ3n) is 8.57. The van der Waals surface area contributed by atoms with E-state index in [-0.39, 0.29) is 28.0 Å². The first kappa shape index (κ1) is 57.5. The number of nitrogens with zero attached hydrogens (tertiary/aromatic N) is 2. The maximum atomic E-state index is 12.6. The predicted octanol–water partition coefficient (Wildman–Crippen LogP) is 8.34. The predicted molar refractivity (Wildman–Crippen MR) is 242 cm³/mol. The lowest BCUT2D eigenvalue weighted by molar-refractivity contribution is -0.385. The number of anilines is 1. The highest BCUT2D eigenvalue weighted by atomic mass is 35.5. The molecule has 0 aromatic heterocycles. The number of carboxylic acid groups (broad SMARTS) is 2. The van der Waals surface area contributed by atoms with Crippen LogP contribution in [0.1, 0.15) is 48.7 Å². The van der Waals surface area contributed by atoms with Crippen LogP contribution < -0.4 is 29.7 Å². The number of fused-ring (bicyclic) bond motifs is 1. The molecule has 0 radical (unpaired) electrons. The van der Waals surface area contributed by atoms with Gasteiger partial charge in [0.05, 0.1) is 54.2 Å². The van der Waals surface area contributed by atoms with Crippen LogP contribution in [0.5, 0.6) is 28.7 Å². The van der Waals surface area contributed by atoms with Crippen molar-refractivity contribution in [3.05, 3.63) is 111 Å². The zero-order valence-corrected chi connectivity index (χ0v) is 40.1. The molecule has 5 N–H and O–H groups in total. The Balaban J connectivity index is 0.000000363. The SMILES string of the molecule is CON(C)C(=O)Nc1ccc(Oc2ccc3c(c2)OC(C)(OC)CC3(C)C)cc1.C[S+](C)C.O=C(O)CNCP(=O)([O-])O.O=C(O)c1cc(Oc2ccc(C(F)(F)F)cc2Cl)ccc1[N+](=O)[O-]. The molecule has 368 valence electrons. The van der Waals surface area contributed by atoms with Crippen LogP contribution in [-0.2, 0) is 41.4 Å². The van der Waals surface area contributed by atoms with Crippen molar-refractivity contribution in [2.45, 2.75) is 44.6 Å². The highest BCUT2D eigenvalue weighted by Crippen LogP contribution is 2.46. The van der Waals surface area contributed by atoms with Crippen LogP contribution in [0, 0.1) is 10.1 Å². The van der Waals surface area contributed by atoms with Crippen molar-refractivity contribution in [2.24, 2.45) is 0 Å². The zero-order chi connectivity index (χ0) is 51.1. The number of hydrogen-bond acceptors (Lipinski definition) is 13. The molecule has 0 bridgehead atoms. The van der Waals surface area contributed by atoms with Crippen molar-refractivity contribution in [3.63, 3.8) is 0 Å². The number of ether oxygens (including phenoxy) is 4. The molecule has 0 fully saturated rings. The minimum Gasteiger partial charge on any atom is -0.778 e. The lowest BCUT2D eigenvalue weighted by Gasteiger charge is -2.43. The minimum absolute atomic E-state index is 0.0773. The number of hydrogen-bond donors (Lipinski definition) is 5. The lowest BCUT2D eigenvalue weighted by Crippen LogP contribution is -2.45.